The Morgan fingerprint density at radius 1 is 1.25 bits per heavy atom. The van der Waals surface area contributed by atoms with Gasteiger partial charge in [-0.05, 0) is 18.9 Å². The third kappa shape index (κ3) is 4.36. The first-order valence-corrected chi connectivity index (χ1v) is 7.21. The normalized spacial score (nSPS) is 17.2. The molecule has 2 rings (SSSR count). The third-order valence-electron chi connectivity index (χ3n) is 3.61. The SMILES string of the molecule is O=C(O)Cn1ccc(C(=O)NC2CCCCCCC2)n1. The summed E-state index contributed by atoms with van der Waals surface area (Å²) in [4.78, 5) is 22.6. The van der Waals surface area contributed by atoms with E-state index in [4.69, 9.17) is 5.11 Å². The maximum absolute atomic E-state index is 12.1. The second kappa shape index (κ2) is 7.07. The summed E-state index contributed by atoms with van der Waals surface area (Å²) in [7, 11) is 0. The van der Waals surface area contributed by atoms with Gasteiger partial charge in [0, 0.05) is 12.2 Å². The second-order valence-corrected chi connectivity index (χ2v) is 5.31. The molecule has 110 valence electrons. The van der Waals surface area contributed by atoms with Crippen molar-refractivity contribution in [2.24, 2.45) is 0 Å². The zero-order valence-corrected chi connectivity index (χ0v) is 11.5. The number of hydrogen-bond acceptors (Lipinski definition) is 3. The predicted molar refractivity (Wildman–Crippen MR) is 73.4 cm³/mol. The number of carboxylic acid groups (broad SMARTS) is 1. The summed E-state index contributed by atoms with van der Waals surface area (Å²) in [6.45, 7) is -0.225. The first-order valence-electron chi connectivity index (χ1n) is 7.21. The van der Waals surface area contributed by atoms with Crippen LogP contribution in [0.3, 0.4) is 0 Å². The summed E-state index contributed by atoms with van der Waals surface area (Å²) in [5.41, 5.74) is 0.285. The van der Waals surface area contributed by atoms with Gasteiger partial charge < -0.3 is 10.4 Å². The fourth-order valence-corrected chi connectivity index (χ4v) is 2.57. The Kier molecular flexibility index (Phi) is 5.15. The fraction of sp³-hybridized carbons (Fsp3) is 0.643. The summed E-state index contributed by atoms with van der Waals surface area (Å²) in [6, 6.07) is 1.77. The van der Waals surface area contributed by atoms with E-state index >= 15 is 0 Å². The first-order chi connectivity index (χ1) is 9.65. The Morgan fingerprint density at radius 2 is 1.90 bits per heavy atom. The summed E-state index contributed by atoms with van der Waals surface area (Å²) in [5, 5.41) is 15.7. The molecule has 1 saturated carbocycles. The number of aliphatic carboxylic acids is 1. The number of carbonyl (C=O) groups excluding carboxylic acids is 1. The average Bonchev–Trinajstić information content (AvgIpc) is 2.80. The number of hydrogen-bond donors (Lipinski definition) is 2. The minimum atomic E-state index is -0.972. The molecular weight excluding hydrogens is 258 g/mol. The Bertz CT molecular complexity index is 462. The van der Waals surface area contributed by atoms with Crippen LogP contribution >= 0.6 is 0 Å². The quantitative estimate of drug-likeness (QED) is 0.880. The maximum Gasteiger partial charge on any atom is 0.325 e. The van der Waals surface area contributed by atoms with Crippen LogP contribution < -0.4 is 5.32 Å². The van der Waals surface area contributed by atoms with Gasteiger partial charge in [0.1, 0.15) is 12.2 Å². The van der Waals surface area contributed by atoms with E-state index in [9.17, 15) is 9.59 Å². The number of amides is 1. The Balaban J connectivity index is 1.89. The number of carboxylic acids is 1. The number of aromatic nitrogens is 2. The molecule has 0 spiro atoms. The lowest BCUT2D eigenvalue weighted by Gasteiger charge is -2.20. The van der Waals surface area contributed by atoms with E-state index in [1.807, 2.05) is 0 Å². The summed E-state index contributed by atoms with van der Waals surface area (Å²) < 4.78 is 1.26. The summed E-state index contributed by atoms with van der Waals surface area (Å²) in [6.07, 6.45) is 9.61. The van der Waals surface area contributed by atoms with Crippen LogP contribution in [0, 0.1) is 0 Å². The van der Waals surface area contributed by atoms with Crippen molar-refractivity contribution in [3.05, 3.63) is 18.0 Å². The highest BCUT2D eigenvalue weighted by atomic mass is 16.4. The van der Waals surface area contributed by atoms with Gasteiger partial charge in [-0.3, -0.25) is 14.3 Å². The summed E-state index contributed by atoms with van der Waals surface area (Å²) in [5.74, 6) is -1.18. The Labute approximate surface area is 118 Å². The summed E-state index contributed by atoms with van der Waals surface area (Å²) >= 11 is 0. The molecule has 6 nitrogen and oxygen atoms in total. The molecule has 6 heteroatoms. The molecule has 0 radical (unpaired) electrons. The first kappa shape index (κ1) is 14.6. The molecule has 0 bridgehead atoms. The zero-order chi connectivity index (χ0) is 14.4. The second-order valence-electron chi connectivity index (χ2n) is 5.31. The maximum atomic E-state index is 12.1. The fourth-order valence-electron chi connectivity index (χ4n) is 2.57. The standard InChI is InChI=1S/C14H21N3O3/c18-13(19)10-17-9-8-12(16-17)14(20)15-11-6-4-2-1-3-5-7-11/h8-9,11H,1-7,10H2,(H,15,20)(H,18,19). The van der Waals surface area contributed by atoms with Gasteiger partial charge in [-0.1, -0.05) is 32.1 Å². The van der Waals surface area contributed by atoms with Gasteiger partial charge in [-0.15, -0.1) is 0 Å². The highest BCUT2D eigenvalue weighted by Gasteiger charge is 2.17. The molecule has 0 unspecified atom stereocenters. The molecular formula is C14H21N3O3. The monoisotopic (exact) mass is 279 g/mol. The highest BCUT2D eigenvalue weighted by molar-refractivity contribution is 5.92. The Hall–Kier alpha value is -1.85. The molecule has 1 aromatic heterocycles. The molecule has 20 heavy (non-hydrogen) atoms. The molecule has 0 aromatic carbocycles. The molecule has 1 fully saturated rings. The minimum Gasteiger partial charge on any atom is -0.480 e. The van der Waals surface area contributed by atoms with Crippen molar-refractivity contribution in [3.63, 3.8) is 0 Å². The van der Waals surface area contributed by atoms with Gasteiger partial charge in [0.25, 0.3) is 5.91 Å². The van der Waals surface area contributed by atoms with E-state index in [-0.39, 0.29) is 24.2 Å². The smallest absolute Gasteiger partial charge is 0.325 e. The zero-order valence-electron chi connectivity index (χ0n) is 11.5. The van der Waals surface area contributed by atoms with E-state index in [0.29, 0.717) is 0 Å². The van der Waals surface area contributed by atoms with Crippen LogP contribution in [0.2, 0.25) is 0 Å². The van der Waals surface area contributed by atoms with Crippen molar-refractivity contribution < 1.29 is 14.7 Å². The number of carbonyl (C=O) groups is 2. The van der Waals surface area contributed by atoms with Crippen molar-refractivity contribution in [1.82, 2.24) is 15.1 Å². The highest BCUT2D eigenvalue weighted by Crippen LogP contribution is 2.17. The van der Waals surface area contributed by atoms with Gasteiger partial charge in [-0.2, -0.15) is 5.10 Å². The molecule has 0 atom stereocenters. The van der Waals surface area contributed by atoms with Crippen LogP contribution in [-0.2, 0) is 11.3 Å². The van der Waals surface area contributed by atoms with Crippen LogP contribution in [0.25, 0.3) is 0 Å². The molecule has 1 aliphatic rings. The molecule has 1 aliphatic carbocycles. The van der Waals surface area contributed by atoms with Gasteiger partial charge in [-0.25, -0.2) is 0 Å². The van der Waals surface area contributed by atoms with Crippen molar-refractivity contribution in [3.8, 4) is 0 Å². The lowest BCUT2D eigenvalue weighted by molar-refractivity contribution is -0.137. The van der Waals surface area contributed by atoms with Gasteiger partial charge in [0.2, 0.25) is 0 Å². The molecule has 2 N–H and O–H groups in total. The largest absolute Gasteiger partial charge is 0.480 e. The lowest BCUT2D eigenvalue weighted by atomic mass is 9.96. The number of nitrogens with zero attached hydrogens (tertiary/aromatic N) is 2. The lowest BCUT2D eigenvalue weighted by Crippen LogP contribution is -2.35. The molecule has 1 heterocycles. The van der Waals surface area contributed by atoms with Crippen molar-refractivity contribution in [2.75, 3.05) is 0 Å². The van der Waals surface area contributed by atoms with Gasteiger partial charge in [0.15, 0.2) is 0 Å². The topological polar surface area (TPSA) is 84.2 Å². The number of rotatable bonds is 4. The van der Waals surface area contributed by atoms with Crippen molar-refractivity contribution in [1.29, 1.82) is 0 Å². The van der Waals surface area contributed by atoms with E-state index < -0.39 is 5.97 Å². The predicted octanol–water partition coefficient (Wildman–Crippen LogP) is 1.81. The molecule has 1 amide bonds. The molecule has 0 aliphatic heterocycles. The van der Waals surface area contributed by atoms with Crippen LogP contribution in [-0.4, -0.2) is 32.8 Å². The number of nitrogens with one attached hydrogen (secondary N) is 1. The van der Waals surface area contributed by atoms with Gasteiger partial charge >= 0.3 is 5.97 Å². The third-order valence-corrected chi connectivity index (χ3v) is 3.61. The van der Waals surface area contributed by atoms with Crippen molar-refractivity contribution in [2.45, 2.75) is 57.5 Å². The average molecular weight is 279 g/mol. The van der Waals surface area contributed by atoms with Crippen LogP contribution in [0.5, 0.6) is 0 Å². The van der Waals surface area contributed by atoms with Crippen molar-refractivity contribution >= 4 is 11.9 Å². The van der Waals surface area contributed by atoms with Crippen LogP contribution in [0.15, 0.2) is 12.3 Å². The van der Waals surface area contributed by atoms with E-state index in [2.05, 4.69) is 10.4 Å². The minimum absolute atomic E-state index is 0.209. The van der Waals surface area contributed by atoms with E-state index in [0.717, 1.165) is 25.7 Å². The molecule has 0 saturated heterocycles. The van der Waals surface area contributed by atoms with Crippen LogP contribution in [0.4, 0.5) is 0 Å². The van der Waals surface area contributed by atoms with Crippen LogP contribution in [0.1, 0.15) is 55.4 Å². The molecule has 1 aromatic rings. The van der Waals surface area contributed by atoms with E-state index in [1.54, 1.807) is 6.07 Å². The van der Waals surface area contributed by atoms with Gasteiger partial charge in [0.05, 0.1) is 0 Å². The Morgan fingerprint density at radius 3 is 2.55 bits per heavy atom. The van der Waals surface area contributed by atoms with E-state index in [1.165, 1.54) is 30.1 Å².